The van der Waals surface area contributed by atoms with Crippen molar-refractivity contribution in [2.24, 2.45) is 0 Å². The van der Waals surface area contributed by atoms with Crippen molar-refractivity contribution in [3.05, 3.63) is 87.0 Å². The number of fused-ring (bicyclic) bond motifs is 1. The molecule has 5 nitrogen and oxygen atoms in total. The summed E-state index contributed by atoms with van der Waals surface area (Å²) in [5, 5.41) is 2.87. The molecule has 0 fully saturated rings. The molecule has 0 bridgehead atoms. The zero-order valence-electron chi connectivity index (χ0n) is 14.8. The van der Waals surface area contributed by atoms with E-state index >= 15 is 0 Å². The highest BCUT2D eigenvalue weighted by atomic mass is 127. The Morgan fingerprint density at radius 2 is 1.46 bits per heavy atom. The van der Waals surface area contributed by atoms with Gasteiger partial charge in [-0.25, -0.2) is 0 Å². The van der Waals surface area contributed by atoms with E-state index in [4.69, 9.17) is 9.47 Å². The molecule has 1 aliphatic heterocycles. The van der Waals surface area contributed by atoms with Gasteiger partial charge in [0, 0.05) is 15.2 Å². The fourth-order valence-corrected chi connectivity index (χ4v) is 3.59. The third kappa shape index (κ3) is 3.73. The van der Waals surface area contributed by atoms with E-state index in [2.05, 4.69) is 27.9 Å². The molecule has 1 amide bonds. The molecule has 0 spiro atoms. The van der Waals surface area contributed by atoms with Crippen LogP contribution in [0.3, 0.4) is 0 Å². The van der Waals surface area contributed by atoms with Crippen LogP contribution in [0.1, 0.15) is 26.3 Å². The van der Waals surface area contributed by atoms with Crippen molar-refractivity contribution in [1.82, 2.24) is 0 Å². The molecule has 1 heterocycles. The van der Waals surface area contributed by atoms with Gasteiger partial charge in [-0.05, 0) is 40.8 Å². The molecule has 3 aromatic carbocycles. The zero-order chi connectivity index (χ0) is 19.5. The van der Waals surface area contributed by atoms with Crippen LogP contribution >= 0.6 is 22.6 Å². The number of carbonyl (C=O) groups excluding carboxylic acids is 2. The van der Waals surface area contributed by atoms with Crippen LogP contribution in [0.25, 0.3) is 0 Å². The Hall–Kier alpha value is -2.87. The van der Waals surface area contributed by atoms with Crippen molar-refractivity contribution in [1.29, 1.82) is 0 Å². The summed E-state index contributed by atoms with van der Waals surface area (Å²) in [5.74, 6) is 0.520. The Kier molecular flexibility index (Phi) is 5.29. The van der Waals surface area contributed by atoms with E-state index in [1.807, 2.05) is 18.2 Å². The summed E-state index contributed by atoms with van der Waals surface area (Å²) < 4.78 is 12.1. The molecule has 0 atom stereocenters. The lowest BCUT2D eigenvalue weighted by Gasteiger charge is -2.21. The second kappa shape index (κ2) is 8.02. The number of hydrogen-bond donors (Lipinski definition) is 1. The standard InChI is InChI=1S/C22H16INO4/c23-17-9-5-4-8-15(17)22(26)24-18-13-20-19(27-10-11-28-20)12-16(18)21(25)14-6-2-1-3-7-14/h1-9,12-13H,10-11H2,(H,24,26). The second-order valence-electron chi connectivity index (χ2n) is 6.17. The highest BCUT2D eigenvalue weighted by Gasteiger charge is 2.22. The Balaban J connectivity index is 1.75. The predicted octanol–water partition coefficient (Wildman–Crippen LogP) is 4.55. The Morgan fingerprint density at radius 3 is 2.18 bits per heavy atom. The average Bonchev–Trinajstić information content (AvgIpc) is 2.73. The molecular formula is C22H16INO4. The van der Waals surface area contributed by atoms with Gasteiger partial charge in [0.25, 0.3) is 5.91 Å². The summed E-state index contributed by atoms with van der Waals surface area (Å²) in [6.45, 7) is 0.836. The van der Waals surface area contributed by atoms with E-state index in [9.17, 15) is 9.59 Å². The molecule has 28 heavy (non-hydrogen) atoms. The maximum absolute atomic E-state index is 13.1. The topological polar surface area (TPSA) is 64.6 Å². The van der Waals surface area contributed by atoms with E-state index in [0.717, 1.165) is 3.57 Å². The van der Waals surface area contributed by atoms with Crippen molar-refractivity contribution in [3.63, 3.8) is 0 Å². The Morgan fingerprint density at radius 1 is 0.821 bits per heavy atom. The van der Waals surface area contributed by atoms with Crippen LogP contribution in [0.4, 0.5) is 5.69 Å². The van der Waals surface area contributed by atoms with Gasteiger partial charge in [-0.15, -0.1) is 0 Å². The average molecular weight is 485 g/mol. The number of anilines is 1. The third-order valence-electron chi connectivity index (χ3n) is 4.33. The van der Waals surface area contributed by atoms with E-state index in [-0.39, 0.29) is 11.7 Å². The molecule has 4 rings (SSSR count). The van der Waals surface area contributed by atoms with Crippen LogP contribution in [0.2, 0.25) is 0 Å². The van der Waals surface area contributed by atoms with E-state index in [0.29, 0.717) is 47.1 Å². The van der Waals surface area contributed by atoms with Gasteiger partial charge >= 0.3 is 0 Å². The van der Waals surface area contributed by atoms with Gasteiger partial charge in [0.05, 0.1) is 16.8 Å². The molecular weight excluding hydrogens is 469 g/mol. The first-order valence-corrected chi connectivity index (χ1v) is 9.80. The number of benzene rings is 3. The van der Waals surface area contributed by atoms with Crippen molar-refractivity contribution in [2.45, 2.75) is 0 Å². The minimum atomic E-state index is -0.288. The van der Waals surface area contributed by atoms with E-state index in [1.54, 1.807) is 48.5 Å². The summed E-state index contributed by atoms with van der Waals surface area (Å²) in [4.78, 5) is 25.9. The zero-order valence-corrected chi connectivity index (χ0v) is 16.9. The number of rotatable bonds is 4. The molecule has 0 unspecified atom stereocenters. The molecule has 3 aromatic rings. The monoisotopic (exact) mass is 485 g/mol. The van der Waals surface area contributed by atoms with Gasteiger partial charge in [-0.3, -0.25) is 9.59 Å². The Labute approximate surface area is 175 Å². The quantitative estimate of drug-likeness (QED) is 0.435. The highest BCUT2D eigenvalue weighted by molar-refractivity contribution is 14.1. The van der Waals surface area contributed by atoms with Crippen LogP contribution in [-0.4, -0.2) is 24.9 Å². The molecule has 0 saturated carbocycles. The third-order valence-corrected chi connectivity index (χ3v) is 5.27. The maximum Gasteiger partial charge on any atom is 0.256 e. The lowest BCUT2D eigenvalue weighted by molar-refractivity contribution is 0.102. The first kappa shape index (κ1) is 18.5. The second-order valence-corrected chi connectivity index (χ2v) is 7.33. The molecule has 140 valence electrons. The van der Waals surface area contributed by atoms with Crippen LogP contribution < -0.4 is 14.8 Å². The smallest absolute Gasteiger partial charge is 0.256 e. The number of carbonyl (C=O) groups is 2. The van der Waals surface area contributed by atoms with Crippen molar-refractivity contribution in [3.8, 4) is 11.5 Å². The fraction of sp³-hybridized carbons (Fsp3) is 0.0909. The van der Waals surface area contributed by atoms with E-state index < -0.39 is 0 Å². The van der Waals surface area contributed by atoms with Gasteiger partial charge in [-0.2, -0.15) is 0 Å². The maximum atomic E-state index is 13.1. The number of halogens is 1. The molecule has 6 heteroatoms. The van der Waals surface area contributed by atoms with E-state index in [1.165, 1.54) is 0 Å². The van der Waals surface area contributed by atoms with Crippen LogP contribution in [-0.2, 0) is 0 Å². The van der Waals surface area contributed by atoms with Crippen molar-refractivity contribution < 1.29 is 19.1 Å². The summed E-state index contributed by atoms with van der Waals surface area (Å²) in [7, 11) is 0. The fourth-order valence-electron chi connectivity index (χ4n) is 2.96. The van der Waals surface area contributed by atoms with Gasteiger partial charge in [0.1, 0.15) is 13.2 Å². The largest absolute Gasteiger partial charge is 0.486 e. The lowest BCUT2D eigenvalue weighted by Crippen LogP contribution is -2.19. The van der Waals surface area contributed by atoms with Crippen LogP contribution in [0.5, 0.6) is 11.5 Å². The lowest BCUT2D eigenvalue weighted by atomic mass is 10.0. The molecule has 0 aliphatic carbocycles. The Bertz CT molecular complexity index is 1050. The summed E-state index contributed by atoms with van der Waals surface area (Å²) in [6.07, 6.45) is 0. The van der Waals surface area contributed by atoms with Gasteiger partial charge in [0.2, 0.25) is 0 Å². The highest BCUT2D eigenvalue weighted by Crippen LogP contribution is 2.37. The normalized spacial score (nSPS) is 12.3. The molecule has 0 aromatic heterocycles. The van der Waals surface area contributed by atoms with Gasteiger partial charge in [-0.1, -0.05) is 42.5 Å². The number of amides is 1. The number of hydrogen-bond acceptors (Lipinski definition) is 4. The summed E-state index contributed by atoms with van der Waals surface area (Å²) >= 11 is 2.11. The number of ether oxygens (including phenoxy) is 2. The minimum absolute atomic E-state index is 0.198. The molecule has 1 N–H and O–H groups in total. The van der Waals surface area contributed by atoms with Gasteiger partial charge in [0.15, 0.2) is 17.3 Å². The SMILES string of the molecule is O=C(Nc1cc2c(cc1C(=O)c1ccccc1)OCCO2)c1ccccc1I. The molecule has 0 saturated heterocycles. The van der Waals surface area contributed by atoms with Crippen LogP contribution in [0.15, 0.2) is 66.7 Å². The summed E-state index contributed by atoms with van der Waals surface area (Å²) in [5.41, 5.74) is 1.82. The first-order chi connectivity index (χ1) is 13.6. The summed E-state index contributed by atoms with van der Waals surface area (Å²) in [6, 6.07) is 19.5. The van der Waals surface area contributed by atoms with Crippen LogP contribution in [0, 0.1) is 3.57 Å². The first-order valence-electron chi connectivity index (χ1n) is 8.73. The number of nitrogens with one attached hydrogen (secondary N) is 1. The molecule has 0 radical (unpaired) electrons. The minimum Gasteiger partial charge on any atom is -0.486 e. The number of ketones is 1. The van der Waals surface area contributed by atoms with Gasteiger partial charge < -0.3 is 14.8 Å². The molecule has 1 aliphatic rings. The predicted molar refractivity (Wildman–Crippen MR) is 114 cm³/mol. The van der Waals surface area contributed by atoms with Crippen molar-refractivity contribution >= 4 is 40.0 Å². The van der Waals surface area contributed by atoms with Crippen molar-refractivity contribution in [2.75, 3.05) is 18.5 Å².